The highest BCUT2D eigenvalue weighted by molar-refractivity contribution is 9.10. The van der Waals surface area contributed by atoms with Crippen LogP contribution in [0.1, 0.15) is 0 Å². The second kappa shape index (κ2) is 7.53. The van der Waals surface area contributed by atoms with Gasteiger partial charge in [0, 0.05) is 6.20 Å². The third-order valence-corrected chi connectivity index (χ3v) is 3.04. The van der Waals surface area contributed by atoms with Gasteiger partial charge in [-0.05, 0) is 15.9 Å². The van der Waals surface area contributed by atoms with Crippen LogP contribution in [-0.4, -0.2) is 49.2 Å². The Morgan fingerprint density at radius 1 is 1.29 bits per heavy atom. The van der Waals surface area contributed by atoms with Gasteiger partial charge in [-0.3, -0.25) is 24.7 Å². The maximum Gasteiger partial charge on any atom is 0.325 e. The molecule has 1 heterocycles. The molecule has 0 aliphatic carbocycles. The molecule has 0 atom stereocenters. The average molecular weight is 362 g/mol. The van der Waals surface area contributed by atoms with Crippen LogP contribution in [0.4, 0.5) is 11.4 Å². The molecule has 0 aliphatic heterocycles. The summed E-state index contributed by atoms with van der Waals surface area (Å²) in [5, 5.41) is 11.1. The van der Waals surface area contributed by atoms with E-state index in [0.29, 0.717) is 0 Å². The summed E-state index contributed by atoms with van der Waals surface area (Å²) in [5.74, 6) is -1.31. The Hall–Kier alpha value is -2.23. The third kappa shape index (κ3) is 4.38. The van der Waals surface area contributed by atoms with Crippen molar-refractivity contribution in [3.8, 4) is 0 Å². The predicted octanol–water partition coefficient (Wildman–Crippen LogP) is 0.905. The molecule has 0 bridgehead atoms. The molecule has 21 heavy (non-hydrogen) atoms. The van der Waals surface area contributed by atoms with Gasteiger partial charge in [-0.1, -0.05) is 0 Å². The highest BCUT2D eigenvalue weighted by Crippen LogP contribution is 2.34. The Bertz CT molecular complexity index is 547. The van der Waals surface area contributed by atoms with E-state index < -0.39 is 16.9 Å². The molecule has 1 aromatic heterocycles. The van der Waals surface area contributed by atoms with Crippen LogP contribution >= 0.6 is 15.9 Å². The van der Waals surface area contributed by atoms with Gasteiger partial charge in [0.2, 0.25) is 0 Å². The first kappa shape index (κ1) is 16.8. The SMILES string of the molecule is COC(=O)CN(CC(=O)OC)c1c(Br)cncc1[N+](=O)[O-]. The van der Waals surface area contributed by atoms with Crippen molar-refractivity contribution in [2.45, 2.75) is 0 Å². The van der Waals surface area contributed by atoms with Gasteiger partial charge < -0.3 is 14.4 Å². The van der Waals surface area contributed by atoms with Crippen LogP contribution in [0, 0.1) is 10.1 Å². The van der Waals surface area contributed by atoms with Gasteiger partial charge in [-0.25, -0.2) is 0 Å². The van der Waals surface area contributed by atoms with Gasteiger partial charge in [0.05, 0.1) is 23.6 Å². The molecular formula is C11H12BrN3O6. The average Bonchev–Trinajstić information content (AvgIpc) is 2.45. The van der Waals surface area contributed by atoms with E-state index in [4.69, 9.17) is 0 Å². The van der Waals surface area contributed by atoms with E-state index in [9.17, 15) is 19.7 Å². The lowest BCUT2D eigenvalue weighted by Crippen LogP contribution is -2.36. The van der Waals surface area contributed by atoms with Crippen LogP contribution in [-0.2, 0) is 19.1 Å². The van der Waals surface area contributed by atoms with Crippen molar-refractivity contribution in [1.82, 2.24) is 4.98 Å². The van der Waals surface area contributed by atoms with Crippen molar-refractivity contribution in [2.75, 3.05) is 32.2 Å². The van der Waals surface area contributed by atoms with Crippen LogP contribution in [0.2, 0.25) is 0 Å². The van der Waals surface area contributed by atoms with E-state index in [-0.39, 0.29) is 28.9 Å². The summed E-state index contributed by atoms with van der Waals surface area (Å²) in [6, 6.07) is 0. The molecule has 0 unspecified atom stereocenters. The van der Waals surface area contributed by atoms with Crippen LogP contribution in [0.25, 0.3) is 0 Å². The first-order valence-electron chi connectivity index (χ1n) is 5.57. The van der Waals surface area contributed by atoms with Gasteiger partial charge in [0.25, 0.3) is 0 Å². The molecule has 1 aromatic rings. The van der Waals surface area contributed by atoms with Gasteiger partial charge in [0.15, 0.2) is 0 Å². The minimum Gasteiger partial charge on any atom is -0.468 e. The van der Waals surface area contributed by atoms with Gasteiger partial charge >= 0.3 is 17.6 Å². The molecular weight excluding hydrogens is 350 g/mol. The highest BCUT2D eigenvalue weighted by atomic mass is 79.9. The second-order valence-electron chi connectivity index (χ2n) is 3.75. The summed E-state index contributed by atoms with van der Waals surface area (Å²) in [7, 11) is 2.35. The number of nitro groups is 1. The Balaban J connectivity index is 3.27. The Labute approximate surface area is 128 Å². The van der Waals surface area contributed by atoms with E-state index in [1.54, 1.807) is 0 Å². The summed E-state index contributed by atoms with van der Waals surface area (Å²) in [4.78, 5) is 38.2. The molecule has 0 fully saturated rings. The zero-order chi connectivity index (χ0) is 16.0. The third-order valence-electron chi connectivity index (χ3n) is 2.46. The van der Waals surface area contributed by atoms with Crippen molar-refractivity contribution >= 4 is 39.2 Å². The molecule has 114 valence electrons. The van der Waals surface area contributed by atoms with Crippen molar-refractivity contribution in [3.63, 3.8) is 0 Å². The fourth-order valence-electron chi connectivity index (χ4n) is 1.52. The lowest BCUT2D eigenvalue weighted by molar-refractivity contribution is -0.384. The molecule has 0 N–H and O–H groups in total. The molecule has 9 nitrogen and oxygen atoms in total. The number of anilines is 1. The van der Waals surface area contributed by atoms with E-state index >= 15 is 0 Å². The predicted molar refractivity (Wildman–Crippen MR) is 74.8 cm³/mol. The fourth-order valence-corrected chi connectivity index (χ4v) is 2.09. The minimum atomic E-state index is -0.658. The number of pyridine rings is 1. The van der Waals surface area contributed by atoms with E-state index in [0.717, 1.165) is 6.20 Å². The number of hydrogen-bond donors (Lipinski definition) is 0. The monoisotopic (exact) mass is 361 g/mol. The first-order valence-corrected chi connectivity index (χ1v) is 6.36. The van der Waals surface area contributed by atoms with Gasteiger partial charge in [-0.15, -0.1) is 0 Å². The number of nitrogens with zero attached hydrogens (tertiary/aromatic N) is 3. The zero-order valence-corrected chi connectivity index (χ0v) is 12.8. The molecule has 10 heteroatoms. The lowest BCUT2D eigenvalue weighted by Gasteiger charge is -2.22. The number of ether oxygens (including phenoxy) is 2. The van der Waals surface area contributed by atoms with E-state index in [2.05, 4.69) is 30.4 Å². The summed E-state index contributed by atoms with van der Waals surface area (Å²) in [6.07, 6.45) is 2.35. The number of carbonyl (C=O) groups is 2. The molecule has 0 aromatic carbocycles. The quantitative estimate of drug-likeness (QED) is 0.417. The maximum atomic E-state index is 11.4. The topological polar surface area (TPSA) is 112 Å². The molecule has 0 saturated heterocycles. The summed E-state index contributed by atoms with van der Waals surface area (Å²) >= 11 is 3.13. The minimum absolute atomic E-state index is 0.0470. The van der Waals surface area contributed by atoms with Crippen molar-refractivity contribution < 1.29 is 24.0 Å². The van der Waals surface area contributed by atoms with Crippen LogP contribution in [0.5, 0.6) is 0 Å². The molecule has 1 rings (SSSR count). The fraction of sp³-hybridized carbons (Fsp3) is 0.364. The zero-order valence-electron chi connectivity index (χ0n) is 11.2. The second-order valence-corrected chi connectivity index (χ2v) is 4.61. The summed E-state index contributed by atoms with van der Waals surface area (Å²) in [6.45, 7) is -0.704. The summed E-state index contributed by atoms with van der Waals surface area (Å²) in [5.41, 5.74) is -0.303. The maximum absolute atomic E-state index is 11.4. The molecule has 0 amide bonds. The van der Waals surface area contributed by atoms with Crippen molar-refractivity contribution in [3.05, 3.63) is 27.0 Å². The van der Waals surface area contributed by atoms with E-state index in [1.165, 1.54) is 25.3 Å². The molecule has 0 aliphatic rings. The number of rotatable bonds is 6. The standard InChI is InChI=1S/C11H12BrN3O6/c1-20-9(16)5-14(6-10(17)21-2)11-7(12)3-13-4-8(11)15(18)19/h3-4H,5-6H2,1-2H3. The smallest absolute Gasteiger partial charge is 0.325 e. The van der Waals surface area contributed by atoms with Crippen molar-refractivity contribution in [1.29, 1.82) is 0 Å². The number of methoxy groups -OCH3 is 2. The number of aromatic nitrogens is 1. The van der Waals surface area contributed by atoms with Crippen LogP contribution in [0.3, 0.4) is 0 Å². The first-order chi connectivity index (χ1) is 9.90. The van der Waals surface area contributed by atoms with Crippen LogP contribution in [0.15, 0.2) is 16.9 Å². The van der Waals surface area contributed by atoms with E-state index in [1.807, 2.05) is 0 Å². The largest absolute Gasteiger partial charge is 0.468 e. The molecule has 0 spiro atoms. The number of hydrogen-bond acceptors (Lipinski definition) is 8. The van der Waals surface area contributed by atoms with Gasteiger partial charge in [0.1, 0.15) is 25.0 Å². The normalized spacial score (nSPS) is 9.86. The number of esters is 2. The number of carbonyl (C=O) groups excluding carboxylic acids is 2. The van der Waals surface area contributed by atoms with Gasteiger partial charge in [-0.2, -0.15) is 0 Å². The molecule has 0 saturated carbocycles. The Morgan fingerprint density at radius 3 is 2.24 bits per heavy atom. The van der Waals surface area contributed by atoms with Crippen molar-refractivity contribution in [2.24, 2.45) is 0 Å². The number of halogens is 1. The Kier molecular flexibility index (Phi) is 6.03. The Morgan fingerprint density at radius 2 is 1.81 bits per heavy atom. The highest BCUT2D eigenvalue weighted by Gasteiger charge is 2.26. The van der Waals surface area contributed by atoms with Crippen LogP contribution < -0.4 is 4.90 Å². The summed E-state index contributed by atoms with van der Waals surface area (Å²) < 4.78 is 9.32. The lowest BCUT2D eigenvalue weighted by atomic mass is 10.3. The molecule has 0 radical (unpaired) electrons.